The maximum absolute atomic E-state index is 13.0. The van der Waals surface area contributed by atoms with Crippen LogP contribution in [0.2, 0.25) is 0 Å². The van der Waals surface area contributed by atoms with Crippen molar-refractivity contribution in [2.24, 2.45) is 0 Å². The lowest BCUT2D eigenvalue weighted by Gasteiger charge is -2.27. The molecule has 1 saturated heterocycles. The number of hydrogen-bond acceptors (Lipinski definition) is 3. The Kier molecular flexibility index (Phi) is 4.58. The van der Waals surface area contributed by atoms with Gasteiger partial charge in [0.25, 0.3) is 5.91 Å². The molecule has 1 aromatic carbocycles. The molecule has 6 heteroatoms. The van der Waals surface area contributed by atoms with Gasteiger partial charge in [-0.05, 0) is 12.1 Å². The third-order valence-electron chi connectivity index (χ3n) is 4.14. The van der Waals surface area contributed by atoms with Gasteiger partial charge in [0.1, 0.15) is 0 Å². The summed E-state index contributed by atoms with van der Waals surface area (Å²) in [5.74, 6) is 1.10. The molecular weight excluding hydrogens is 322 g/mol. The number of carbonyl (C=O) groups is 1. The third-order valence-corrected chi connectivity index (χ3v) is 5.42. The molecule has 0 atom stereocenters. The number of amides is 1. The summed E-state index contributed by atoms with van der Waals surface area (Å²) in [5.41, 5.74) is 2.13. The van der Waals surface area contributed by atoms with Crippen molar-refractivity contribution in [1.29, 1.82) is 0 Å². The molecule has 24 heavy (non-hydrogen) atoms. The molecule has 1 aliphatic rings. The minimum atomic E-state index is -0.795. The summed E-state index contributed by atoms with van der Waals surface area (Å²) in [6, 6.07) is 9.80. The Morgan fingerprint density at radius 1 is 1.12 bits per heavy atom. The maximum atomic E-state index is 13.0. The van der Waals surface area contributed by atoms with Crippen molar-refractivity contribution >= 4 is 16.7 Å². The average Bonchev–Trinajstić information content (AvgIpc) is 3.01. The lowest BCUT2D eigenvalue weighted by molar-refractivity contribution is 0.0768. The van der Waals surface area contributed by atoms with Crippen molar-refractivity contribution in [2.75, 3.05) is 24.6 Å². The maximum Gasteiger partial charge on any atom is 0.257 e. The highest BCUT2D eigenvalue weighted by Crippen LogP contribution is 2.27. The van der Waals surface area contributed by atoms with Gasteiger partial charge >= 0.3 is 0 Å². The smallest absolute Gasteiger partial charge is 0.257 e. The van der Waals surface area contributed by atoms with Gasteiger partial charge in [0.15, 0.2) is 0 Å². The SMILES string of the molecule is CC(C)(C)c1nn(-c2ccccc2)cc1C(=O)N1CCS(=O)CC1. The van der Waals surface area contributed by atoms with Crippen LogP contribution >= 0.6 is 0 Å². The van der Waals surface area contributed by atoms with Crippen molar-refractivity contribution in [3.63, 3.8) is 0 Å². The van der Waals surface area contributed by atoms with Crippen LogP contribution in [-0.2, 0) is 16.2 Å². The average molecular weight is 345 g/mol. The zero-order chi connectivity index (χ0) is 17.3. The number of rotatable bonds is 2. The highest BCUT2D eigenvalue weighted by atomic mass is 32.2. The van der Waals surface area contributed by atoms with E-state index in [0.29, 0.717) is 30.2 Å². The molecule has 0 bridgehead atoms. The molecule has 0 unspecified atom stereocenters. The van der Waals surface area contributed by atoms with Gasteiger partial charge in [-0.15, -0.1) is 0 Å². The Bertz CT molecular complexity index is 752. The van der Waals surface area contributed by atoms with Crippen molar-refractivity contribution in [3.8, 4) is 5.69 Å². The predicted molar refractivity (Wildman–Crippen MR) is 96.0 cm³/mol. The first kappa shape index (κ1) is 16.9. The molecule has 0 aliphatic carbocycles. The lowest BCUT2D eigenvalue weighted by atomic mass is 9.89. The molecule has 128 valence electrons. The number of aromatic nitrogens is 2. The van der Waals surface area contributed by atoms with E-state index in [-0.39, 0.29) is 11.3 Å². The molecule has 1 aromatic heterocycles. The monoisotopic (exact) mass is 345 g/mol. The Morgan fingerprint density at radius 2 is 1.75 bits per heavy atom. The molecule has 0 radical (unpaired) electrons. The second kappa shape index (κ2) is 6.51. The van der Waals surface area contributed by atoms with E-state index in [2.05, 4.69) is 20.8 Å². The minimum absolute atomic E-state index is 0.0150. The van der Waals surface area contributed by atoms with Crippen LogP contribution in [0.5, 0.6) is 0 Å². The molecule has 2 heterocycles. The molecule has 3 rings (SSSR count). The number of nitrogens with zero attached hydrogens (tertiary/aromatic N) is 3. The van der Waals surface area contributed by atoms with E-state index in [1.165, 1.54) is 0 Å². The largest absolute Gasteiger partial charge is 0.337 e. The Morgan fingerprint density at radius 3 is 2.33 bits per heavy atom. The topological polar surface area (TPSA) is 55.2 Å². The Balaban J connectivity index is 1.98. The second-order valence-corrected chi connectivity index (χ2v) is 8.76. The van der Waals surface area contributed by atoms with Crippen LogP contribution in [0.1, 0.15) is 36.8 Å². The van der Waals surface area contributed by atoms with E-state index in [0.717, 1.165) is 11.4 Å². The van der Waals surface area contributed by atoms with Gasteiger partial charge in [0, 0.05) is 47.0 Å². The molecule has 2 aromatic rings. The van der Waals surface area contributed by atoms with E-state index < -0.39 is 10.8 Å². The summed E-state index contributed by atoms with van der Waals surface area (Å²) in [5, 5.41) is 4.69. The second-order valence-electron chi connectivity index (χ2n) is 7.06. The highest BCUT2D eigenvalue weighted by molar-refractivity contribution is 7.85. The first-order chi connectivity index (χ1) is 11.4. The molecule has 0 saturated carbocycles. The van der Waals surface area contributed by atoms with Crippen LogP contribution in [0, 0.1) is 0 Å². The minimum Gasteiger partial charge on any atom is -0.337 e. The van der Waals surface area contributed by atoms with Gasteiger partial charge in [-0.25, -0.2) is 4.68 Å². The van der Waals surface area contributed by atoms with Crippen molar-refractivity contribution in [1.82, 2.24) is 14.7 Å². The molecular formula is C18H23N3O2S. The number of benzene rings is 1. The van der Waals surface area contributed by atoms with Gasteiger partial charge in [-0.3, -0.25) is 9.00 Å². The van der Waals surface area contributed by atoms with E-state index in [1.54, 1.807) is 9.58 Å². The van der Waals surface area contributed by atoms with Gasteiger partial charge in [-0.1, -0.05) is 39.0 Å². The van der Waals surface area contributed by atoms with Crippen LogP contribution in [0.25, 0.3) is 5.69 Å². The van der Waals surface area contributed by atoms with E-state index in [1.807, 2.05) is 36.5 Å². The first-order valence-corrected chi connectivity index (χ1v) is 9.65. The molecule has 0 spiro atoms. The third kappa shape index (κ3) is 3.43. The van der Waals surface area contributed by atoms with Gasteiger partial charge in [0.2, 0.25) is 0 Å². The number of hydrogen-bond donors (Lipinski definition) is 0. The van der Waals surface area contributed by atoms with Gasteiger partial charge < -0.3 is 4.90 Å². The normalized spacial score (nSPS) is 16.4. The van der Waals surface area contributed by atoms with Crippen molar-refractivity contribution < 1.29 is 9.00 Å². The van der Waals surface area contributed by atoms with Crippen molar-refractivity contribution in [3.05, 3.63) is 47.8 Å². The molecule has 1 fully saturated rings. The first-order valence-electron chi connectivity index (χ1n) is 8.16. The fourth-order valence-corrected chi connectivity index (χ4v) is 3.86. The highest BCUT2D eigenvalue weighted by Gasteiger charge is 2.30. The summed E-state index contributed by atoms with van der Waals surface area (Å²) in [6.45, 7) is 7.28. The molecule has 5 nitrogen and oxygen atoms in total. The Labute approximate surface area is 145 Å². The zero-order valence-corrected chi connectivity index (χ0v) is 15.2. The number of carbonyl (C=O) groups excluding carboxylic acids is 1. The van der Waals surface area contributed by atoms with Crippen LogP contribution < -0.4 is 0 Å². The van der Waals surface area contributed by atoms with Crippen LogP contribution in [0.3, 0.4) is 0 Å². The number of para-hydroxylation sites is 1. The molecule has 0 N–H and O–H groups in total. The fourth-order valence-electron chi connectivity index (χ4n) is 2.81. The van der Waals surface area contributed by atoms with Crippen LogP contribution in [0.4, 0.5) is 0 Å². The Hall–Kier alpha value is -1.95. The van der Waals surface area contributed by atoms with E-state index in [9.17, 15) is 9.00 Å². The van der Waals surface area contributed by atoms with Crippen LogP contribution in [-0.4, -0.2) is 49.4 Å². The predicted octanol–water partition coefficient (Wildman–Crippen LogP) is 2.37. The lowest BCUT2D eigenvalue weighted by Crippen LogP contribution is -2.42. The van der Waals surface area contributed by atoms with E-state index in [4.69, 9.17) is 5.10 Å². The summed E-state index contributed by atoms with van der Waals surface area (Å²) >= 11 is 0. The molecule has 1 amide bonds. The summed E-state index contributed by atoms with van der Waals surface area (Å²) in [7, 11) is -0.795. The van der Waals surface area contributed by atoms with Gasteiger partial charge in [-0.2, -0.15) is 5.10 Å². The quantitative estimate of drug-likeness (QED) is 0.840. The van der Waals surface area contributed by atoms with Crippen LogP contribution in [0.15, 0.2) is 36.5 Å². The zero-order valence-electron chi connectivity index (χ0n) is 14.4. The summed E-state index contributed by atoms with van der Waals surface area (Å²) < 4.78 is 13.3. The van der Waals surface area contributed by atoms with Gasteiger partial charge in [0.05, 0.1) is 16.9 Å². The summed E-state index contributed by atoms with van der Waals surface area (Å²) in [6.07, 6.45) is 1.82. The fraction of sp³-hybridized carbons (Fsp3) is 0.444. The standard InChI is InChI=1S/C18H23N3O2S/c1-18(2,3)16-15(17(22)20-9-11-24(23)12-10-20)13-21(19-16)14-7-5-4-6-8-14/h4-8,13H,9-12H2,1-3H3. The van der Waals surface area contributed by atoms with Crippen molar-refractivity contribution in [2.45, 2.75) is 26.2 Å². The van der Waals surface area contributed by atoms with E-state index >= 15 is 0 Å². The summed E-state index contributed by atoms with van der Waals surface area (Å²) in [4.78, 5) is 14.8. The molecule has 1 aliphatic heterocycles.